The zero-order valence-electron chi connectivity index (χ0n) is 6.19. The summed E-state index contributed by atoms with van der Waals surface area (Å²) in [6.45, 7) is 6.54. The summed E-state index contributed by atoms with van der Waals surface area (Å²) in [7, 11) is 0. The van der Waals surface area contributed by atoms with Crippen molar-refractivity contribution in [3.8, 4) is 0 Å². The molecule has 1 aliphatic heterocycles. The van der Waals surface area contributed by atoms with Gasteiger partial charge in [-0.1, -0.05) is 19.1 Å². The Labute approximate surface area is 61.8 Å². The van der Waals surface area contributed by atoms with Gasteiger partial charge in [0.05, 0.1) is 4.99 Å². The second kappa shape index (κ2) is 1.94. The van der Waals surface area contributed by atoms with E-state index in [9.17, 15) is 0 Å². The number of rotatable bonds is 0. The van der Waals surface area contributed by atoms with Crippen molar-refractivity contribution in [2.75, 3.05) is 0 Å². The molecule has 1 unspecified atom stereocenters. The van der Waals surface area contributed by atoms with E-state index in [2.05, 4.69) is 26.1 Å². The van der Waals surface area contributed by atoms with Crippen LogP contribution in [0.1, 0.15) is 27.2 Å². The first kappa shape index (κ1) is 7.00. The highest BCUT2D eigenvalue weighted by Crippen LogP contribution is 2.24. The molecule has 1 N–H and O–H groups in total. The molecule has 0 aliphatic carbocycles. The van der Waals surface area contributed by atoms with Crippen LogP contribution in [-0.2, 0) is 0 Å². The maximum absolute atomic E-state index is 5.08. The monoisotopic (exact) mass is 143 g/mol. The summed E-state index contributed by atoms with van der Waals surface area (Å²) in [5.41, 5.74) is 0.247. The van der Waals surface area contributed by atoms with Gasteiger partial charge in [-0.25, -0.2) is 0 Å². The van der Waals surface area contributed by atoms with E-state index in [-0.39, 0.29) is 5.54 Å². The number of hydrogen-bond donors (Lipinski definition) is 1. The van der Waals surface area contributed by atoms with E-state index in [4.69, 9.17) is 12.2 Å². The largest absolute Gasteiger partial charge is 0.375 e. The topological polar surface area (TPSA) is 12.0 Å². The second-order valence-corrected chi connectivity index (χ2v) is 3.92. The zero-order chi connectivity index (χ0) is 7.07. The molecule has 1 rings (SSSR count). The van der Waals surface area contributed by atoms with Crippen molar-refractivity contribution < 1.29 is 0 Å². The maximum Gasteiger partial charge on any atom is 0.0786 e. The van der Waals surface area contributed by atoms with Crippen LogP contribution in [0.4, 0.5) is 0 Å². The Balaban J connectivity index is 2.65. The van der Waals surface area contributed by atoms with Crippen molar-refractivity contribution in [1.29, 1.82) is 0 Å². The first-order valence-corrected chi connectivity index (χ1v) is 3.74. The molecule has 0 saturated carbocycles. The minimum Gasteiger partial charge on any atom is -0.375 e. The summed E-state index contributed by atoms with van der Waals surface area (Å²) in [6, 6.07) is 0. The van der Waals surface area contributed by atoms with Crippen LogP contribution in [0.2, 0.25) is 0 Å². The Morgan fingerprint density at radius 3 is 2.33 bits per heavy atom. The summed E-state index contributed by atoms with van der Waals surface area (Å²) in [6.07, 6.45) is 1.17. The molecule has 9 heavy (non-hydrogen) atoms. The molecule has 1 saturated heterocycles. The van der Waals surface area contributed by atoms with Crippen LogP contribution in [0, 0.1) is 5.92 Å². The highest BCUT2D eigenvalue weighted by atomic mass is 32.1. The molecule has 0 bridgehead atoms. The predicted octanol–water partition coefficient (Wildman–Crippen LogP) is 1.72. The van der Waals surface area contributed by atoms with E-state index in [0.29, 0.717) is 5.92 Å². The molecular weight excluding hydrogens is 130 g/mol. The molecule has 1 aliphatic rings. The fourth-order valence-electron chi connectivity index (χ4n) is 1.37. The van der Waals surface area contributed by atoms with Gasteiger partial charge in [0.15, 0.2) is 0 Å². The van der Waals surface area contributed by atoms with Crippen LogP contribution >= 0.6 is 12.2 Å². The lowest BCUT2D eigenvalue weighted by molar-refractivity contribution is 0.452. The average molecular weight is 143 g/mol. The minimum atomic E-state index is 0.247. The molecule has 0 spiro atoms. The first-order chi connectivity index (χ1) is 4.01. The van der Waals surface area contributed by atoms with Crippen LogP contribution in [0.25, 0.3) is 0 Å². The summed E-state index contributed by atoms with van der Waals surface area (Å²) in [4.78, 5) is 1.03. The third kappa shape index (κ3) is 1.42. The van der Waals surface area contributed by atoms with Crippen molar-refractivity contribution in [2.24, 2.45) is 5.92 Å². The van der Waals surface area contributed by atoms with Crippen LogP contribution < -0.4 is 5.32 Å². The summed E-state index contributed by atoms with van der Waals surface area (Å²) in [5, 5.41) is 3.27. The fraction of sp³-hybridized carbons (Fsp3) is 0.857. The number of hydrogen-bond acceptors (Lipinski definition) is 1. The van der Waals surface area contributed by atoms with E-state index in [1.165, 1.54) is 6.42 Å². The van der Waals surface area contributed by atoms with Crippen LogP contribution in [0.15, 0.2) is 0 Å². The lowest BCUT2D eigenvalue weighted by atomic mass is 9.99. The molecule has 1 atom stereocenters. The Bertz CT molecular complexity index is 140. The summed E-state index contributed by atoms with van der Waals surface area (Å²) < 4.78 is 0. The first-order valence-electron chi connectivity index (χ1n) is 3.33. The Morgan fingerprint density at radius 1 is 1.67 bits per heavy atom. The summed E-state index contributed by atoms with van der Waals surface area (Å²) >= 11 is 5.08. The molecule has 1 fully saturated rings. The zero-order valence-corrected chi connectivity index (χ0v) is 7.01. The lowest BCUT2D eigenvalue weighted by Crippen LogP contribution is -2.33. The van der Waals surface area contributed by atoms with Gasteiger partial charge in [0.25, 0.3) is 0 Å². The third-order valence-electron chi connectivity index (χ3n) is 1.73. The van der Waals surface area contributed by atoms with Crippen LogP contribution in [0.3, 0.4) is 0 Å². The van der Waals surface area contributed by atoms with E-state index in [1.807, 2.05) is 0 Å². The molecule has 1 heterocycles. The van der Waals surface area contributed by atoms with Crippen molar-refractivity contribution in [3.63, 3.8) is 0 Å². The minimum absolute atomic E-state index is 0.247. The molecule has 2 heteroatoms. The van der Waals surface area contributed by atoms with Crippen LogP contribution in [0.5, 0.6) is 0 Å². The number of thiocarbonyl (C=S) groups is 1. The van der Waals surface area contributed by atoms with E-state index >= 15 is 0 Å². The molecule has 0 aromatic carbocycles. The highest BCUT2D eigenvalue weighted by Gasteiger charge is 2.31. The smallest absolute Gasteiger partial charge is 0.0786 e. The van der Waals surface area contributed by atoms with Gasteiger partial charge in [0, 0.05) is 11.5 Å². The van der Waals surface area contributed by atoms with Crippen molar-refractivity contribution in [1.82, 2.24) is 5.32 Å². The standard InChI is InChI=1S/C7H13NS/c1-5-4-7(2,3)8-6(5)9/h5H,4H2,1-3H3,(H,8,9). The van der Waals surface area contributed by atoms with Crippen molar-refractivity contribution in [2.45, 2.75) is 32.7 Å². The van der Waals surface area contributed by atoms with E-state index in [1.54, 1.807) is 0 Å². The van der Waals surface area contributed by atoms with Gasteiger partial charge >= 0.3 is 0 Å². The fourth-order valence-corrected chi connectivity index (χ4v) is 1.73. The third-order valence-corrected chi connectivity index (χ3v) is 2.23. The second-order valence-electron chi connectivity index (χ2n) is 3.48. The molecule has 0 aromatic rings. The van der Waals surface area contributed by atoms with Gasteiger partial charge < -0.3 is 5.32 Å². The normalized spacial score (nSPS) is 32.3. The number of nitrogens with one attached hydrogen (secondary N) is 1. The maximum atomic E-state index is 5.08. The molecule has 0 aromatic heterocycles. The Morgan fingerprint density at radius 2 is 2.22 bits per heavy atom. The summed E-state index contributed by atoms with van der Waals surface area (Å²) in [5.74, 6) is 0.579. The van der Waals surface area contributed by atoms with Crippen LogP contribution in [-0.4, -0.2) is 10.5 Å². The van der Waals surface area contributed by atoms with Crippen molar-refractivity contribution in [3.05, 3.63) is 0 Å². The van der Waals surface area contributed by atoms with Gasteiger partial charge in [-0.05, 0) is 20.3 Å². The van der Waals surface area contributed by atoms with E-state index < -0.39 is 0 Å². The molecular formula is C7H13NS. The van der Waals surface area contributed by atoms with Gasteiger partial charge in [-0.15, -0.1) is 0 Å². The molecule has 1 nitrogen and oxygen atoms in total. The van der Waals surface area contributed by atoms with Gasteiger partial charge in [0.1, 0.15) is 0 Å². The predicted molar refractivity (Wildman–Crippen MR) is 43.6 cm³/mol. The van der Waals surface area contributed by atoms with E-state index in [0.717, 1.165) is 4.99 Å². The van der Waals surface area contributed by atoms with Gasteiger partial charge in [-0.3, -0.25) is 0 Å². The Hall–Kier alpha value is -0.110. The quantitative estimate of drug-likeness (QED) is 0.518. The average Bonchev–Trinajstić information content (AvgIpc) is 1.79. The van der Waals surface area contributed by atoms with Gasteiger partial charge in [0.2, 0.25) is 0 Å². The van der Waals surface area contributed by atoms with Crippen molar-refractivity contribution >= 4 is 17.2 Å². The SMILES string of the molecule is CC1CC(C)(C)NC1=S. The Kier molecular flexibility index (Phi) is 1.51. The highest BCUT2D eigenvalue weighted by molar-refractivity contribution is 7.80. The molecule has 0 amide bonds. The molecule has 0 radical (unpaired) electrons. The molecule has 52 valence electrons. The van der Waals surface area contributed by atoms with Gasteiger partial charge in [-0.2, -0.15) is 0 Å². The lowest BCUT2D eigenvalue weighted by Gasteiger charge is -2.16.